The summed E-state index contributed by atoms with van der Waals surface area (Å²) in [5.74, 6) is 0.190. The first kappa shape index (κ1) is 10.5. The van der Waals surface area contributed by atoms with E-state index in [1.165, 1.54) is 0 Å². The number of rotatable bonds is 3. The molecule has 0 bridgehead atoms. The van der Waals surface area contributed by atoms with Crippen molar-refractivity contribution in [3.63, 3.8) is 0 Å². The van der Waals surface area contributed by atoms with E-state index in [1.54, 1.807) is 0 Å². The molecule has 3 heteroatoms. The molecule has 3 nitrogen and oxygen atoms in total. The zero-order chi connectivity index (χ0) is 9.84. The number of aliphatic carboxylic acids is 1. The Morgan fingerprint density at radius 3 is 2.85 bits per heavy atom. The van der Waals surface area contributed by atoms with Crippen LogP contribution < -0.4 is 5.32 Å². The van der Waals surface area contributed by atoms with E-state index in [9.17, 15) is 4.79 Å². The highest BCUT2D eigenvalue weighted by atomic mass is 16.4. The molecule has 0 aromatic carbocycles. The fraction of sp³-hybridized carbons (Fsp3) is 0.900. The first-order valence-corrected chi connectivity index (χ1v) is 5.06. The standard InChI is InChI=1S/C10H19NO2/c1-7(2)10-8(6-9(12)13)4-3-5-11-10/h7-8,10-11H,3-6H2,1-2H3,(H,12,13)/t8-,10-/m0/s1. The summed E-state index contributed by atoms with van der Waals surface area (Å²) in [7, 11) is 0. The first-order valence-electron chi connectivity index (χ1n) is 5.06. The predicted molar refractivity (Wildman–Crippen MR) is 51.6 cm³/mol. The van der Waals surface area contributed by atoms with E-state index in [4.69, 9.17) is 5.11 Å². The van der Waals surface area contributed by atoms with Crippen LogP contribution in [0.4, 0.5) is 0 Å². The smallest absolute Gasteiger partial charge is 0.303 e. The molecule has 1 rings (SSSR count). The minimum atomic E-state index is -0.667. The average Bonchev–Trinajstić information content (AvgIpc) is 2.03. The number of piperidine rings is 1. The van der Waals surface area contributed by atoms with Crippen LogP contribution in [0.2, 0.25) is 0 Å². The van der Waals surface area contributed by atoms with Crippen molar-refractivity contribution >= 4 is 5.97 Å². The molecule has 0 amide bonds. The first-order chi connectivity index (χ1) is 6.11. The maximum absolute atomic E-state index is 10.6. The molecule has 1 heterocycles. The lowest BCUT2D eigenvalue weighted by molar-refractivity contribution is -0.138. The number of carboxylic acids is 1. The average molecular weight is 185 g/mol. The van der Waals surface area contributed by atoms with Gasteiger partial charge in [-0.15, -0.1) is 0 Å². The zero-order valence-corrected chi connectivity index (χ0v) is 8.42. The minimum Gasteiger partial charge on any atom is -0.481 e. The molecule has 76 valence electrons. The van der Waals surface area contributed by atoms with Crippen LogP contribution in [0.1, 0.15) is 33.1 Å². The number of hydrogen-bond donors (Lipinski definition) is 2. The number of carbonyl (C=O) groups is 1. The van der Waals surface area contributed by atoms with Crippen molar-refractivity contribution in [2.75, 3.05) is 6.54 Å². The summed E-state index contributed by atoms with van der Waals surface area (Å²) in [5, 5.41) is 12.1. The molecular formula is C10H19NO2. The molecule has 13 heavy (non-hydrogen) atoms. The molecule has 1 aliphatic heterocycles. The number of nitrogens with one attached hydrogen (secondary N) is 1. The van der Waals surface area contributed by atoms with Gasteiger partial charge in [-0.1, -0.05) is 13.8 Å². The van der Waals surface area contributed by atoms with Gasteiger partial charge in [-0.3, -0.25) is 4.79 Å². The molecule has 0 aromatic heterocycles. The van der Waals surface area contributed by atoms with E-state index in [1.807, 2.05) is 0 Å². The maximum atomic E-state index is 10.6. The Hall–Kier alpha value is -0.570. The molecule has 1 aliphatic rings. The van der Waals surface area contributed by atoms with Crippen molar-refractivity contribution in [1.29, 1.82) is 0 Å². The molecule has 0 spiro atoms. The molecule has 0 saturated carbocycles. The topological polar surface area (TPSA) is 49.3 Å². The fourth-order valence-electron chi connectivity index (χ4n) is 2.21. The summed E-state index contributed by atoms with van der Waals surface area (Å²) >= 11 is 0. The van der Waals surface area contributed by atoms with Crippen molar-refractivity contribution in [1.82, 2.24) is 5.32 Å². The third-order valence-corrected chi connectivity index (χ3v) is 2.79. The third kappa shape index (κ3) is 2.99. The van der Waals surface area contributed by atoms with Gasteiger partial charge in [0.1, 0.15) is 0 Å². The second-order valence-corrected chi connectivity index (χ2v) is 4.22. The highest BCUT2D eigenvalue weighted by Gasteiger charge is 2.28. The van der Waals surface area contributed by atoms with Crippen LogP contribution in [0.3, 0.4) is 0 Å². The number of hydrogen-bond acceptors (Lipinski definition) is 2. The van der Waals surface area contributed by atoms with Crippen molar-refractivity contribution < 1.29 is 9.90 Å². The summed E-state index contributed by atoms with van der Waals surface area (Å²) in [6.45, 7) is 5.34. The van der Waals surface area contributed by atoms with E-state index in [-0.39, 0.29) is 0 Å². The van der Waals surface area contributed by atoms with E-state index < -0.39 is 5.97 Å². The normalized spacial score (nSPS) is 29.2. The molecule has 0 unspecified atom stereocenters. The van der Waals surface area contributed by atoms with Gasteiger partial charge < -0.3 is 10.4 Å². The van der Waals surface area contributed by atoms with E-state index in [2.05, 4.69) is 19.2 Å². The number of carboxylic acid groups (broad SMARTS) is 1. The Morgan fingerprint density at radius 1 is 1.62 bits per heavy atom. The molecule has 2 N–H and O–H groups in total. The summed E-state index contributed by atoms with van der Waals surface area (Å²) < 4.78 is 0. The Labute approximate surface area is 79.5 Å². The Morgan fingerprint density at radius 2 is 2.31 bits per heavy atom. The monoisotopic (exact) mass is 185 g/mol. The Balaban J connectivity index is 2.51. The minimum absolute atomic E-state index is 0.315. The predicted octanol–water partition coefficient (Wildman–Crippen LogP) is 1.49. The van der Waals surface area contributed by atoms with Gasteiger partial charge in [-0.25, -0.2) is 0 Å². The molecular weight excluding hydrogens is 166 g/mol. The van der Waals surface area contributed by atoms with Crippen LogP contribution in [0, 0.1) is 11.8 Å². The van der Waals surface area contributed by atoms with Crippen LogP contribution in [-0.2, 0) is 4.79 Å². The van der Waals surface area contributed by atoms with E-state index in [0.717, 1.165) is 19.4 Å². The highest BCUT2D eigenvalue weighted by molar-refractivity contribution is 5.67. The third-order valence-electron chi connectivity index (χ3n) is 2.79. The van der Waals surface area contributed by atoms with Gasteiger partial charge in [0.2, 0.25) is 0 Å². The lowest BCUT2D eigenvalue weighted by atomic mass is 9.82. The summed E-state index contributed by atoms with van der Waals surface area (Å²) in [6, 6.07) is 0.393. The zero-order valence-electron chi connectivity index (χ0n) is 8.42. The van der Waals surface area contributed by atoms with Crippen LogP contribution in [0.15, 0.2) is 0 Å². The maximum Gasteiger partial charge on any atom is 0.303 e. The van der Waals surface area contributed by atoms with Crippen LogP contribution in [0.25, 0.3) is 0 Å². The lowest BCUT2D eigenvalue weighted by Crippen LogP contribution is -2.45. The van der Waals surface area contributed by atoms with Crippen LogP contribution >= 0.6 is 0 Å². The molecule has 1 fully saturated rings. The molecule has 0 aliphatic carbocycles. The van der Waals surface area contributed by atoms with E-state index >= 15 is 0 Å². The van der Waals surface area contributed by atoms with Gasteiger partial charge in [0, 0.05) is 12.5 Å². The van der Waals surface area contributed by atoms with Gasteiger partial charge in [0.05, 0.1) is 0 Å². The lowest BCUT2D eigenvalue weighted by Gasteiger charge is -2.34. The SMILES string of the molecule is CC(C)[C@@H]1NCCC[C@H]1CC(=O)O. The van der Waals surface area contributed by atoms with Crippen molar-refractivity contribution in [2.45, 2.75) is 39.2 Å². The van der Waals surface area contributed by atoms with Crippen molar-refractivity contribution in [3.05, 3.63) is 0 Å². The van der Waals surface area contributed by atoms with E-state index in [0.29, 0.717) is 24.3 Å². The fourth-order valence-corrected chi connectivity index (χ4v) is 2.21. The molecule has 0 aromatic rings. The van der Waals surface area contributed by atoms with Gasteiger partial charge >= 0.3 is 5.97 Å². The highest BCUT2D eigenvalue weighted by Crippen LogP contribution is 2.24. The summed E-state index contributed by atoms with van der Waals surface area (Å²) in [5.41, 5.74) is 0. The second-order valence-electron chi connectivity index (χ2n) is 4.22. The van der Waals surface area contributed by atoms with Crippen LogP contribution in [0.5, 0.6) is 0 Å². The van der Waals surface area contributed by atoms with Gasteiger partial charge in [0.15, 0.2) is 0 Å². The molecule has 1 saturated heterocycles. The van der Waals surface area contributed by atoms with Gasteiger partial charge in [-0.2, -0.15) is 0 Å². The molecule has 2 atom stereocenters. The van der Waals surface area contributed by atoms with Crippen LogP contribution in [-0.4, -0.2) is 23.7 Å². The second kappa shape index (κ2) is 4.61. The van der Waals surface area contributed by atoms with Gasteiger partial charge in [0.25, 0.3) is 0 Å². The Kier molecular flexibility index (Phi) is 3.72. The van der Waals surface area contributed by atoms with Crippen molar-refractivity contribution in [2.24, 2.45) is 11.8 Å². The quantitative estimate of drug-likeness (QED) is 0.700. The Bertz CT molecular complexity index is 180. The largest absolute Gasteiger partial charge is 0.481 e. The molecule has 0 radical (unpaired) electrons. The summed E-state index contributed by atoms with van der Waals surface area (Å²) in [4.78, 5) is 10.6. The summed E-state index contributed by atoms with van der Waals surface area (Å²) in [6.07, 6.45) is 2.49. The van der Waals surface area contributed by atoms with Crippen molar-refractivity contribution in [3.8, 4) is 0 Å². The van der Waals surface area contributed by atoms with Gasteiger partial charge in [-0.05, 0) is 31.2 Å².